The highest BCUT2D eigenvalue weighted by molar-refractivity contribution is 7.09. The van der Waals surface area contributed by atoms with Crippen molar-refractivity contribution in [2.45, 2.75) is 65.1 Å². The Bertz CT molecular complexity index is 523. The third-order valence-electron chi connectivity index (χ3n) is 4.98. The predicted molar refractivity (Wildman–Crippen MR) is 100.0 cm³/mol. The minimum atomic E-state index is 0.0385. The van der Waals surface area contributed by atoms with E-state index >= 15 is 0 Å². The summed E-state index contributed by atoms with van der Waals surface area (Å²) in [6.07, 6.45) is 3.24. The van der Waals surface area contributed by atoms with E-state index < -0.39 is 0 Å². The molecular weight excluding hydrogens is 320 g/mol. The number of nitrogens with zero attached hydrogens (tertiary/aromatic N) is 4. The maximum absolute atomic E-state index is 5.85. The number of morpholine rings is 1. The van der Waals surface area contributed by atoms with Gasteiger partial charge in [-0.25, -0.2) is 4.98 Å². The standard InChI is InChI=1S/C18H32N4OS/c1-13-10-21(11-14(2)23-13)12-15-6-8-22(9-7-15)17-19-16(20-24-17)18(3,4)5/h13-15H,6-12H2,1-5H3. The molecule has 3 rings (SSSR count). The molecule has 3 heterocycles. The molecule has 2 atom stereocenters. The average molecular weight is 353 g/mol. The molecule has 2 aliphatic rings. The molecule has 2 aliphatic heterocycles. The van der Waals surface area contributed by atoms with Gasteiger partial charge in [0, 0.05) is 49.7 Å². The normalized spacial score (nSPS) is 27.6. The van der Waals surface area contributed by atoms with Gasteiger partial charge in [-0.2, -0.15) is 4.37 Å². The van der Waals surface area contributed by atoms with Crippen LogP contribution >= 0.6 is 11.5 Å². The molecule has 5 nitrogen and oxygen atoms in total. The minimum Gasteiger partial charge on any atom is -0.373 e. The zero-order chi connectivity index (χ0) is 17.3. The van der Waals surface area contributed by atoms with Crippen LogP contribution in [-0.4, -0.2) is 59.2 Å². The van der Waals surface area contributed by atoms with Crippen molar-refractivity contribution in [3.05, 3.63) is 5.82 Å². The van der Waals surface area contributed by atoms with E-state index in [4.69, 9.17) is 9.72 Å². The summed E-state index contributed by atoms with van der Waals surface area (Å²) in [4.78, 5) is 9.80. The molecule has 1 aromatic heterocycles. The molecule has 1 aromatic rings. The van der Waals surface area contributed by atoms with Crippen LogP contribution in [0.2, 0.25) is 0 Å². The number of rotatable bonds is 3. The number of piperidine rings is 1. The van der Waals surface area contributed by atoms with E-state index in [-0.39, 0.29) is 5.41 Å². The molecule has 24 heavy (non-hydrogen) atoms. The van der Waals surface area contributed by atoms with E-state index in [1.807, 2.05) is 0 Å². The van der Waals surface area contributed by atoms with Crippen LogP contribution in [0.3, 0.4) is 0 Å². The lowest BCUT2D eigenvalue weighted by Crippen LogP contribution is -2.48. The fourth-order valence-electron chi connectivity index (χ4n) is 3.75. The van der Waals surface area contributed by atoms with Gasteiger partial charge >= 0.3 is 0 Å². The second-order valence-electron chi connectivity index (χ2n) is 8.56. The van der Waals surface area contributed by atoms with Crippen LogP contribution in [0.1, 0.15) is 53.3 Å². The molecule has 6 heteroatoms. The lowest BCUT2D eigenvalue weighted by atomic mass is 9.95. The topological polar surface area (TPSA) is 41.5 Å². The zero-order valence-corrected chi connectivity index (χ0v) is 16.6. The molecule has 0 spiro atoms. The summed E-state index contributed by atoms with van der Waals surface area (Å²) in [7, 11) is 0. The van der Waals surface area contributed by atoms with Crippen molar-refractivity contribution in [2.75, 3.05) is 37.6 Å². The lowest BCUT2D eigenvalue weighted by molar-refractivity contribution is -0.0720. The van der Waals surface area contributed by atoms with E-state index in [1.165, 1.54) is 19.4 Å². The van der Waals surface area contributed by atoms with Crippen molar-refractivity contribution in [3.63, 3.8) is 0 Å². The fourth-order valence-corrected chi connectivity index (χ4v) is 4.66. The highest BCUT2D eigenvalue weighted by Gasteiger charge is 2.28. The molecular formula is C18H32N4OS. The number of anilines is 1. The molecule has 0 radical (unpaired) electrons. The number of hydrogen-bond acceptors (Lipinski definition) is 6. The van der Waals surface area contributed by atoms with Gasteiger partial charge in [-0.1, -0.05) is 20.8 Å². The Hall–Kier alpha value is -0.720. The Morgan fingerprint density at radius 3 is 2.29 bits per heavy atom. The first kappa shape index (κ1) is 18.1. The van der Waals surface area contributed by atoms with Gasteiger partial charge in [0.2, 0.25) is 5.13 Å². The maximum Gasteiger partial charge on any atom is 0.205 e. The molecule has 2 unspecified atom stereocenters. The molecule has 0 amide bonds. The van der Waals surface area contributed by atoms with Gasteiger partial charge in [0.1, 0.15) is 5.82 Å². The first-order valence-corrected chi connectivity index (χ1v) is 10.1. The van der Waals surface area contributed by atoms with Crippen LogP contribution in [-0.2, 0) is 10.2 Å². The third-order valence-corrected chi connectivity index (χ3v) is 5.76. The Morgan fingerprint density at radius 2 is 1.75 bits per heavy atom. The molecule has 0 aromatic carbocycles. The smallest absolute Gasteiger partial charge is 0.205 e. The quantitative estimate of drug-likeness (QED) is 0.836. The van der Waals surface area contributed by atoms with Crippen LogP contribution in [0.4, 0.5) is 5.13 Å². The Balaban J connectivity index is 1.50. The van der Waals surface area contributed by atoms with Gasteiger partial charge in [-0.05, 0) is 32.6 Å². The second-order valence-corrected chi connectivity index (χ2v) is 9.29. The highest BCUT2D eigenvalue weighted by atomic mass is 32.1. The van der Waals surface area contributed by atoms with Gasteiger partial charge in [0.05, 0.1) is 12.2 Å². The van der Waals surface area contributed by atoms with Gasteiger partial charge < -0.3 is 9.64 Å². The minimum absolute atomic E-state index is 0.0385. The Kier molecular flexibility index (Phi) is 5.47. The highest BCUT2D eigenvalue weighted by Crippen LogP contribution is 2.29. The third kappa shape index (κ3) is 4.46. The average Bonchev–Trinajstić information content (AvgIpc) is 2.97. The first-order chi connectivity index (χ1) is 11.3. The Morgan fingerprint density at radius 1 is 1.12 bits per heavy atom. The summed E-state index contributed by atoms with van der Waals surface area (Å²) in [6, 6.07) is 0. The molecule has 0 aliphatic carbocycles. The number of ether oxygens (including phenoxy) is 1. The molecule has 0 bridgehead atoms. The van der Waals surface area contributed by atoms with E-state index in [1.54, 1.807) is 11.5 Å². The van der Waals surface area contributed by atoms with Gasteiger partial charge in [-0.15, -0.1) is 0 Å². The van der Waals surface area contributed by atoms with Crippen LogP contribution < -0.4 is 4.90 Å². The van der Waals surface area contributed by atoms with E-state index in [0.29, 0.717) is 12.2 Å². The van der Waals surface area contributed by atoms with Crippen LogP contribution in [0, 0.1) is 5.92 Å². The van der Waals surface area contributed by atoms with E-state index in [0.717, 1.165) is 43.1 Å². The summed E-state index contributed by atoms with van der Waals surface area (Å²) in [5.41, 5.74) is 0.0385. The van der Waals surface area contributed by atoms with E-state index in [9.17, 15) is 0 Å². The lowest BCUT2D eigenvalue weighted by Gasteiger charge is -2.39. The summed E-state index contributed by atoms with van der Waals surface area (Å²) < 4.78 is 10.4. The largest absolute Gasteiger partial charge is 0.373 e. The summed E-state index contributed by atoms with van der Waals surface area (Å²) in [5, 5.41) is 1.10. The molecule has 136 valence electrons. The van der Waals surface area contributed by atoms with Gasteiger partial charge in [0.15, 0.2) is 0 Å². The number of hydrogen-bond donors (Lipinski definition) is 0. The molecule has 0 saturated carbocycles. The summed E-state index contributed by atoms with van der Waals surface area (Å²) in [6.45, 7) is 16.5. The molecule has 0 N–H and O–H groups in total. The first-order valence-electron chi connectivity index (χ1n) is 9.28. The predicted octanol–water partition coefficient (Wildman–Crippen LogP) is 3.16. The van der Waals surface area contributed by atoms with Crippen molar-refractivity contribution in [1.82, 2.24) is 14.3 Å². The zero-order valence-electron chi connectivity index (χ0n) is 15.8. The van der Waals surface area contributed by atoms with Gasteiger partial charge in [0.25, 0.3) is 0 Å². The van der Waals surface area contributed by atoms with Crippen LogP contribution in [0.25, 0.3) is 0 Å². The Labute approximate surface area is 150 Å². The van der Waals surface area contributed by atoms with Crippen molar-refractivity contribution in [3.8, 4) is 0 Å². The monoisotopic (exact) mass is 352 g/mol. The van der Waals surface area contributed by atoms with Crippen LogP contribution in [0.15, 0.2) is 0 Å². The van der Waals surface area contributed by atoms with Crippen molar-refractivity contribution in [1.29, 1.82) is 0 Å². The molecule has 2 fully saturated rings. The molecule has 2 saturated heterocycles. The van der Waals surface area contributed by atoms with Gasteiger partial charge in [-0.3, -0.25) is 4.90 Å². The summed E-state index contributed by atoms with van der Waals surface area (Å²) >= 11 is 1.56. The van der Waals surface area contributed by atoms with Crippen molar-refractivity contribution in [2.24, 2.45) is 5.92 Å². The van der Waals surface area contributed by atoms with E-state index in [2.05, 4.69) is 48.8 Å². The summed E-state index contributed by atoms with van der Waals surface area (Å²) in [5.74, 6) is 1.77. The SMILES string of the molecule is CC1CN(CC2CCN(c3nc(C(C)(C)C)ns3)CC2)CC(C)O1. The number of aromatic nitrogens is 2. The van der Waals surface area contributed by atoms with Crippen molar-refractivity contribution < 1.29 is 4.74 Å². The fraction of sp³-hybridized carbons (Fsp3) is 0.889. The van der Waals surface area contributed by atoms with Crippen LogP contribution in [0.5, 0.6) is 0 Å². The second kappa shape index (κ2) is 7.26. The maximum atomic E-state index is 5.85. The van der Waals surface area contributed by atoms with Crippen molar-refractivity contribution >= 4 is 16.7 Å².